The van der Waals surface area contributed by atoms with Crippen LogP contribution in [-0.4, -0.2) is 117 Å². The molecule has 34 heavy (non-hydrogen) atoms. The number of rotatable bonds is 12. The van der Waals surface area contributed by atoms with Gasteiger partial charge in [0, 0.05) is 19.5 Å². The highest BCUT2D eigenvalue weighted by molar-refractivity contribution is 5.78. The monoisotopic (exact) mass is 492 g/mol. The van der Waals surface area contributed by atoms with E-state index in [2.05, 4.69) is 10.6 Å². The molecule has 11 N–H and O–H groups in total. The van der Waals surface area contributed by atoms with Gasteiger partial charge in [-0.3, -0.25) is 19.2 Å². The molecular weight excluding hydrogens is 460 g/mol. The van der Waals surface area contributed by atoms with Gasteiger partial charge in [-0.15, -0.1) is 0 Å². The predicted octanol–water partition coefficient (Wildman–Crippen LogP) is -5.35. The normalized spacial score (nSPS) is 33.9. The first-order valence-corrected chi connectivity index (χ1v) is 10.7. The van der Waals surface area contributed by atoms with Gasteiger partial charge in [-0.05, 0) is 6.42 Å². The number of aliphatic hydroxyl groups excluding tert-OH is 4. The fourth-order valence-electron chi connectivity index (χ4n) is 3.71. The third-order valence-corrected chi connectivity index (χ3v) is 5.71. The van der Waals surface area contributed by atoms with E-state index in [1.165, 1.54) is 0 Å². The molecule has 15 heteroatoms. The van der Waals surface area contributed by atoms with Crippen molar-refractivity contribution in [3.05, 3.63) is 0 Å². The number of carbonyl (C=O) groups excluding carboxylic acids is 3. The molecule has 9 atom stereocenters. The number of amides is 3. The Bertz CT molecular complexity index is 754. The van der Waals surface area contributed by atoms with Crippen LogP contribution in [0.2, 0.25) is 0 Å². The van der Waals surface area contributed by atoms with E-state index in [4.69, 9.17) is 26.0 Å². The molecule has 2 rings (SSSR count). The van der Waals surface area contributed by atoms with E-state index in [0.29, 0.717) is 0 Å². The van der Waals surface area contributed by atoms with E-state index in [9.17, 15) is 39.6 Å². The first-order chi connectivity index (χ1) is 15.9. The summed E-state index contributed by atoms with van der Waals surface area (Å²) < 4.78 is 10.8. The van der Waals surface area contributed by atoms with Gasteiger partial charge in [-0.25, -0.2) is 0 Å². The topological polar surface area (TPSA) is 264 Å². The molecule has 0 radical (unpaired) electrons. The molecule has 2 aliphatic heterocycles. The molecule has 2 fully saturated rings. The Labute approximate surface area is 194 Å². The maximum atomic E-state index is 12.2. The molecule has 0 spiro atoms. The van der Waals surface area contributed by atoms with Gasteiger partial charge in [0.2, 0.25) is 17.7 Å². The van der Waals surface area contributed by atoms with Crippen LogP contribution < -0.4 is 22.1 Å². The smallest absolute Gasteiger partial charge is 0.320 e. The lowest BCUT2D eigenvalue weighted by molar-refractivity contribution is -0.138. The highest BCUT2D eigenvalue weighted by Crippen LogP contribution is 2.25. The van der Waals surface area contributed by atoms with Gasteiger partial charge in [0.1, 0.15) is 42.7 Å². The minimum atomic E-state index is -1.41. The van der Waals surface area contributed by atoms with E-state index in [0.717, 1.165) is 0 Å². The molecule has 15 nitrogen and oxygen atoms in total. The van der Waals surface area contributed by atoms with E-state index in [1.807, 2.05) is 0 Å². The summed E-state index contributed by atoms with van der Waals surface area (Å²) in [5, 5.41) is 53.8. The van der Waals surface area contributed by atoms with Crippen LogP contribution in [0, 0.1) is 0 Å². The minimum absolute atomic E-state index is 0.0830. The molecule has 0 saturated carbocycles. The van der Waals surface area contributed by atoms with Crippen molar-refractivity contribution in [3.8, 4) is 0 Å². The largest absolute Gasteiger partial charge is 0.480 e. The van der Waals surface area contributed by atoms with Crippen LogP contribution in [0.4, 0.5) is 0 Å². The van der Waals surface area contributed by atoms with Crippen molar-refractivity contribution >= 4 is 23.7 Å². The molecule has 2 aliphatic rings. The van der Waals surface area contributed by atoms with Gasteiger partial charge in [0.05, 0.1) is 25.0 Å². The lowest BCUT2D eigenvalue weighted by Crippen LogP contribution is -2.42. The highest BCUT2D eigenvalue weighted by atomic mass is 16.5. The lowest BCUT2D eigenvalue weighted by atomic mass is 10.0. The number of carboxylic acids is 1. The van der Waals surface area contributed by atoms with Crippen molar-refractivity contribution in [2.75, 3.05) is 13.1 Å². The first kappa shape index (κ1) is 27.8. The summed E-state index contributed by atoms with van der Waals surface area (Å²) in [4.78, 5) is 45.7. The Kier molecular flexibility index (Phi) is 10.1. The second kappa shape index (κ2) is 12.3. The molecule has 3 amide bonds. The third-order valence-electron chi connectivity index (χ3n) is 5.71. The quantitative estimate of drug-likeness (QED) is 0.124. The Hall–Kier alpha value is -2.40. The van der Waals surface area contributed by atoms with Gasteiger partial charge in [0.25, 0.3) is 0 Å². The Morgan fingerprint density at radius 3 is 1.68 bits per heavy atom. The molecular formula is C19H32N4O11. The minimum Gasteiger partial charge on any atom is -0.480 e. The highest BCUT2D eigenvalue weighted by Gasteiger charge is 2.45. The van der Waals surface area contributed by atoms with Crippen molar-refractivity contribution in [2.24, 2.45) is 11.5 Å². The van der Waals surface area contributed by atoms with E-state index >= 15 is 0 Å². The van der Waals surface area contributed by atoms with Crippen LogP contribution in [0.3, 0.4) is 0 Å². The summed E-state index contributed by atoms with van der Waals surface area (Å²) in [6.45, 7) is -0.381. The van der Waals surface area contributed by atoms with Crippen LogP contribution in [0.5, 0.6) is 0 Å². The first-order valence-electron chi connectivity index (χ1n) is 10.7. The SMILES string of the molecule is NC(=O)C[C@@H]1O[C@H](CNC(=O)C[C@@H]2O[C@H](CNC(=O)CC[C@H](N)C(=O)O)[C@@H](O)[C@H]2O)[C@@H](O)[C@H]1O. The van der Waals surface area contributed by atoms with Crippen molar-refractivity contribution in [3.63, 3.8) is 0 Å². The van der Waals surface area contributed by atoms with Crippen LogP contribution in [-0.2, 0) is 28.7 Å². The summed E-state index contributed by atoms with van der Waals surface area (Å²) in [7, 11) is 0. The standard InChI is InChI=1S/C19H32N4O11/c20-7(19(31)32)1-2-13(25)22-5-10-18(30)16(28)9(34-10)4-14(26)23-6-11-17(29)15(27)8(33-11)3-12(21)24/h7-11,15-18,27-30H,1-6,20H2,(H2,21,24)(H,22,25)(H,23,26)(H,31,32)/t7-,8-,9-,10+,11+,15-,16-,17+,18+/m0/s1. The second-order valence-corrected chi connectivity index (χ2v) is 8.35. The molecule has 0 bridgehead atoms. The zero-order chi connectivity index (χ0) is 25.6. The molecule has 0 aromatic heterocycles. The number of hydrogen-bond donors (Lipinski definition) is 9. The number of aliphatic hydroxyl groups is 4. The number of aliphatic carboxylic acids is 1. The number of nitrogens with one attached hydrogen (secondary N) is 2. The van der Waals surface area contributed by atoms with E-state index in [-0.39, 0.29) is 38.8 Å². The van der Waals surface area contributed by atoms with E-state index in [1.54, 1.807) is 0 Å². The third kappa shape index (κ3) is 7.56. The van der Waals surface area contributed by atoms with E-state index < -0.39 is 78.6 Å². The Balaban J connectivity index is 1.75. The fraction of sp³-hybridized carbons (Fsp3) is 0.789. The fourth-order valence-corrected chi connectivity index (χ4v) is 3.71. The number of carbonyl (C=O) groups is 4. The summed E-state index contributed by atoms with van der Waals surface area (Å²) in [6, 6.07) is -1.18. The summed E-state index contributed by atoms with van der Waals surface area (Å²) in [5.74, 6) is -3.08. The number of primary amides is 1. The van der Waals surface area contributed by atoms with Crippen molar-refractivity contribution in [1.82, 2.24) is 10.6 Å². The molecule has 0 aliphatic carbocycles. The maximum absolute atomic E-state index is 12.2. The van der Waals surface area contributed by atoms with Crippen LogP contribution in [0.25, 0.3) is 0 Å². The summed E-state index contributed by atoms with van der Waals surface area (Å²) in [5.41, 5.74) is 10.4. The van der Waals surface area contributed by atoms with Crippen LogP contribution in [0.15, 0.2) is 0 Å². The van der Waals surface area contributed by atoms with Crippen molar-refractivity contribution in [2.45, 2.75) is 80.6 Å². The van der Waals surface area contributed by atoms with Crippen molar-refractivity contribution in [1.29, 1.82) is 0 Å². The van der Waals surface area contributed by atoms with Gasteiger partial charge in [0.15, 0.2) is 0 Å². The zero-order valence-corrected chi connectivity index (χ0v) is 18.3. The zero-order valence-electron chi connectivity index (χ0n) is 18.3. The molecule has 2 saturated heterocycles. The Morgan fingerprint density at radius 1 is 0.765 bits per heavy atom. The average Bonchev–Trinajstić information content (AvgIpc) is 3.18. The number of nitrogens with two attached hydrogens (primary N) is 2. The molecule has 0 aromatic carbocycles. The predicted molar refractivity (Wildman–Crippen MR) is 111 cm³/mol. The maximum Gasteiger partial charge on any atom is 0.320 e. The number of carboxylic acid groups (broad SMARTS) is 1. The molecule has 2 heterocycles. The van der Waals surface area contributed by atoms with Crippen molar-refractivity contribution < 1.29 is 54.2 Å². The summed E-state index contributed by atoms with van der Waals surface area (Å²) >= 11 is 0. The number of hydrogen-bond acceptors (Lipinski definition) is 11. The molecule has 0 aromatic rings. The number of ether oxygens (including phenoxy) is 2. The van der Waals surface area contributed by atoms with Gasteiger partial charge >= 0.3 is 5.97 Å². The summed E-state index contributed by atoms with van der Waals surface area (Å²) in [6.07, 6.45) is -10.5. The lowest BCUT2D eigenvalue weighted by Gasteiger charge is -2.18. The van der Waals surface area contributed by atoms with Gasteiger partial charge in [-0.1, -0.05) is 0 Å². The van der Waals surface area contributed by atoms with Crippen LogP contribution in [0.1, 0.15) is 25.7 Å². The average molecular weight is 492 g/mol. The van der Waals surface area contributed by atoms with Gasteiger partial charge < -0.3 is 57.1 Å². The van der Waals surface area contributed by atoms with Crippen LogP contribution >= 0.6 is 0 Å². The second-order valence-electron chi connectivity index (χ2n) is 8.35. The molecule has 0 unspecified atom stereocenters. The van der Waals surface area contributed by atoms with Gasteiger partial charge in [-0.2, -0.15) is 0 Å². The Morgan fingerprint density at radius 2 is 1.21 bits per heavy atom. The molecule has 194 valence electrons.